The van der Waals surface area contributed by atoms with Gasteiger partial charge in [0.15, 0.2) is 13.2 Å². The minimum Gasteiger partial charge on any atom is -0.494 e. The van der Waals surface area contributed by atoms with E-state index in [1.807, 2.05) is 6.92 Å². The summed E-state index contributed by atoms with van der Waals surface area (Å²) >= 11 is 0. The third-order valence-electron chi connectivity index (χ3n) is 2.79. The van der Waals surface area contributed by atoms with Crippen LogP contribution in [-0.2, 0) is 19.1 Å². The maximum absolute atomic E-state index is 11.5. The Morgan fingerprint density at radius 2 is 1.58 bits per heavy atom. The minimum atomic E-state index is -0.682. The maximum Gasteiger partial charge on any atom is 0.344 e. The summed E-state index contributed by atoms with van der Waals surface area (Å²) < 4.78 is 15.3. The van der Waals surface area contributed by atoms with E-state index in [2.05, 4.69) is 5.32 Å². The van der Waals surface area contributed by atoms with Gasteiger partial charge in [0.25, 0.3) is 5.91 Å². The van der Waals surface area contributed by atoms with E-state index >= 15 is 0 Å². The third-order valence-corrected chi connectivity index (χ3v) is 2.79. The van der Waals surface area contributed by atoms with Crippen molar-refractivity contribution >= 4 is 17.8 Å². The van der Waals surface area contributed by atoms with Crippen LogP contribution >= 0.6 is 0 Å². The van der Waals surface area contributed by atoms with Crippen LogP contribution in [-0.4, -0.2) is 63.1 Å². The molecule has 1 rings (SSSR count). The van der Waals surface area contributed by atoms with E-state index in [0.29, 0.717) is 18.1 Å². The van der Waals surface area contributed by atoms with Crippen LogP contribution in [0.2, 0.25) is 0 Å². The predicted molar refractivity (Wildman–Crippen MR) is 85.8 cm³/mol. The van der Waals surface area contributed by atoms with Crippen molar-refractivity contribution in [2.75, 3.05) is 40.5 Å². The summed E-state index contributed by atoms with van der Waals surface area (Å²) in [7, 11) is 3.15. The largest absolute Gasteiger partial charge is 0.494 e. The van der Waals surface area contributed by atoms with Crippen molar-refractivity contribution in [1.82, 2.24) is 10.2 Å². The molecule has 132 valence electrons. The molecular weight excluding hydrogens is 316 g/mol. The molecule has 0 unspecified atom stereocenters. The zero-order valence-electron chi connectivity index (χ0n) is 14.0. The molecule has 0 heterocycles. The first kappa shape index (κ1) is 19.3. The lowest BCUT2D eigenvalue weighted by molar-refractivity contribution is -0.150. The number of nitrogens with zero attached hydrogens (tertiary/aromatic N) is 1. The molecule has 1 aromatic rings. The molecule has 0 saturated carbocycles. The van der Waals surface area contributed by atoms with Gasteiger partial charge >= 0.3 is 5.97 Å². The van der Waals surface area contributed by atoms with Gasteiger partial charge in [-0.3, -0.25) is 9.59 Å². The zero-order valence-corrected chi connectivity index (χ0v) is 14.0. The highest BCUT2D eigenvalue weighted by atomic mass is 16.6. The highest BCUT2D eigenvalue weighted by Crippen LogP contribution is 2.17. The van der Waals surface area contributed by atoms with Gasteiger partial charge in [0.05, 0.1) is 13.2 Å². The molecule has 0 fully saturated rings. The lowest BCUT2D eigenvalue weighted by atomic mass is 10.3. The van der Waals surface area contributed by atoms with Gasteiger partial charge in [-0.25, -0.2) is 4.79 Å². The van der Waals surface area contributed by atoms with Crippen LogP contribution in [0, 0.1) is 0 Å². The summed E-state index contributed by atoms with van der Waals surface area (Å²) in [6.45, 7) is 1.51. The van der Waals surface area contributed by atoms with E-state index in [4.69, 9.17) is 14.2 Å². The van der Waals surface area contributed by atoms with Crippen LogP contribution in [0.15, 0.2) is 24.3 Å². The summed E-state index contributed by atoms with van der Waals surface area (Å²) in [6, 6.07) is 6.77. The van der Waals surface area contributed by atoms with Gasteiger partial charge in [-0.15, -0.1) is 0 Å². The van der Waals surface area contributed by atoms with E-state index in [-0.39, 0.29) is 19.1 Å². The van der Waals surface area contributed by atoms with E-state index in [9.17, 15) is 14.4 Å². The Morgan fingerprint density at radius 3 is 2.12 bits per heavy atom. The molecule has 1 aromatic carbocycles. The molecule has 1 N–H and O–H groups in total. The summed E-state index contributed by atoms with van der Waals surface area (Å²) in [5.41, 5.74) is 0. The molecule has 0 spiro atoms. The Bertz CT molecular complexity index is 556. The second-order valence-electron chi connectivity index (χ2n) is 4.92. The third kappa shape index (κ3) is 7.48. The van der Waals surface area contributed by atoms with E-state index in [1.165, 1.54) is 4.90 Å². The van der Waals surface area contributed by atoms with Crippen LogP contribution < -0.4 is 14.8 Å². The lowest BCUT2D eigenvalue weighted by Gasteiger charge is -2.11. The summed E-state index contributed by atoms with van der Waals surface area (Å²) in [5, 5.41) is 2.35. The number of amides is 2. The van der Waals surface area contributed by atoms with Crippen molar-refractivity contribution < 1.29 is 28.6 Å². The number of ether oxygens (including phenoxy) is 3. The number of hydrogen-bond acceptors (Lipinski definition) is 6. The first-order chi connectivity index (χ1) is 11.4. The first-order valence-corrected chi connectivity index (χ1v) is 7.40. The highest BCUT2D eigenvalue weighted by Gasteiger charge is 2.10. The molecule has 2 amide bonds. The fourth-order valence-electron chi connectivity index (χ4n) is 1.51. The molecule has 0 aliphatic rings. The van der Waals surface area contributed by atoms with Crippen LogP contribution in [0.5, 0.6) is 11.5 Å². The number of likely N-dealkylation sites (N-methyl/N-ethyl adjacent to an activating group) is 1. The van der Waals surface area contributed by atoms with E-state index in [1.54, 1.807) is 38.4 Å². The number of hydrogen-bond donors (Lipinski definition) is 1. The average molecular weight is 338 g/mol. The molecule has 8 nitrogen and oxygen atoms in total. The van der Waals surface area contributed by atoms with E-state index in [0.717, 1.165) is 0 Å². The van der Waals surface area contributed by atoms with Gasteiger partial charge in [0.1, 0.15) is 11.5 Å². The topological polar surface area (TPSA) is 94.2 Å². The molecule has 8 heteroatoms. The summed E-state index contributed by atoms with van der Waals surface area (Å²) in [4.78, 5) is 35.6. The summed E-state index contributed by atoms with van der Waals surface area (Å²) in [5.74, 6) is -0.307. The second-order valence-corrected chi connectivity index (χ2v) is 4.92. The molecule has 0 saturated heterocycles. The Labute approximate surface area is 140 Å². The molecule has 0 aliphatic carbocycles. The van der Waals surface area contributed by atoms with Gasteiger partial charge in [-0.05, 0) is 31.2 Å². The minimum absolute atomic E-state index is 0.147. The second kappa shape index (κ2) is 10.1. The average Bonchev–Trinajstić information content (AvgIpc) is 2.57. The SMILES string of the molecule is CCOc1ccc(OCC(=O)OCC(=O)NCC(=O)N(C)C)cc1. The van der Waals surface area contributed by atoms with Crippen molar-refractivity contribution in [3.63, 3.8) is 0 Å². The van der Waals surface area contributed by atoms with E-state index < -0.39 is 18.5 Å². The van der Waals surface area contributed by atoms with Crippen molar-refractivity contribution in [2.45, 2.75) is 6.92 Å². The normalized spacial score (nSPS) is 9.79. The van der Waals surface area contributed by atoms with Crippen molar-refractivity contribution in [2.24, 2.45) is 0 Å². The first-order valence-electron chi connectivity index (χ1n) is 7.40. The Hall–Kier alpha value is -2.77. The number of carbonyl (C=O) groups is 3. The number of benzene rings is 1. The van der Waals surface area contributed by atoms with Crippen molar-refractivity contribution in [3.8, 4) is 11.5 Å². The molecule has 0 aromatic heterocycles. The smallest absolute Gasteiger partial charge is 0.344 e. The number of nitrogens with one attached hydrogen (secondary N) is 1. The van der Waals surface area contributed by atoms with Crippen LogP contribution in [0.4, 0.5) is 0 Å². The van der Waals surface area contributed by atoms with Gasteiger partial charge in [-0.1, -0.05) is 0 Å². The molecule has 0 radical (unpaired) electrons. The summed E-state index contributed by atoms with van der Waals surface area (Å²) in [6.07, 6.45) is 0. The van der Waals surface area contributed by atoms with Crippen LogP contribution in [0.3, 0.4) is 0 Å². The maximum atomic E-state index is 11.5. The highest BCUT2D eigenvalue weighted by molar-refractivity contribution is 5.86. The van der Waals surface area contributed by atoms with Crippen LogP contribution in [0.1, 0.15) is 6.92 Å². The quantitative estimate of drug-likeness (QED) is 0.647. The lowest BCUT2D eigenvalue weighted by Crippen LogP contribution is -2.38. The van der Waals surface area contributed by atoms with Gasteiger partial charge < -0.3 is 24.4 Å². The number of carbonyl (C=O) groups excluding carboxylic acids is 3. The van der Waals surface area contributed by atoms with Gasteiger partial charge in [0.2, 0.25) is 5.91 Å². The molecular formula is C16H22N2O6. The zero-order chi connectivity index (χ0) is 17.9. The number of esters is 1. The Kier molecular flexibility index (Phi) is 8.10. The fraction of sp³-hybridized carbons (Fsp3) is 0.438. The van der Waals surface area contributed by atoms with Gasteiger partial charge in [-0.2, -0.15) is 0 Å². The predicted octanol–water partition coefficient (Wildman–Crippen LogP) is 0.212. The molecule has 0 aliphatic heterocycles. The Balaban J connectivity index is 2.24. The van der Waals surface area contributed by atoms with Gasteiger partial charge in [0, 0.05) is 14.1 Å². The Morgan fingerprint density at radius 1 is 1.00 bits per heavy atom. The van der Waals surface area contributed by atoms with Crippen molar-refractivity contribution in [1.29, 1.82) is 0 Å². The fourth-order valence-corrected chi connectivity index (χ4v) is 1.51. The standard InChI is InChI=1S/C16H22N2O6/c1-4-22-12-5-7-13(8-6-12)23-11-16(21)24-10-14(19)17-9-15(20)18(2)3/h5-8H,4,9-11H2,1-3H3,(H,17,19). The van der Waals surface area contributed by atoms with Crippen LogP contribution in [0.25, 0.3) is 0 Å². The molecule has 0 atom stereocenters. The molecule has 0 bridgehead atoms. The molecule has 24 heavy (non-hydrogen) atoms. The van der Waals surface area contributed by atoms with Crippen molar-refractivity contribution in [3.05, 3.63) is 24.3 Å². The number of rotatable bonds is 9. The monoisotopic (exact) mass is 338 g/mol.